The van der Waals surface area contributed by atoms with E-state index < -0.39 is 21.5 Å². The predicted octanol–water partition coefficient (Wildman–Crippen LogP) is 3.98. The first-order valence-electron chi connectivity index (χ1n) is 9.76. The molecule has 9 heteroatoms. The molecule has 4 N–H and O–H groups in total. The Kier molecular flexibility index (Phi) is 5.05. The molecule has 2 aromatic heterocycles. The first-order valence-corrected chi connectivity index (χ1v) is 12.2. The van der Waals surface area contributed by atoms with Crippen LogP contribution in [0.2, 0.25) is 0 Å². The number of urea groups is 1. The second-order valence-corrected chi connectivity index (χ2v) is 11.3. The highest BCUT2D eigenvalue weighted by Gasteiger charge is 2.31. The van der Waals surface area contributed by atoms with Gasteiger partial charge in [0, 0.05) is 11.6 Å². The van der Waals surface area contributed by atoms with E-state index in [2.05, 4.69) is 16.6 Å². The zero-order chi connectivity index (χ0) is 21.0. The van der Waals surface area contributed by atoms with Gasteiger partial charge in [-0.15, -0.1) is 15.7 Å². The van der Waals surface area contributed by atoms with Crippen LogP contribution in [0.15, 0.2) is 20.0 Å². The van der Waals surface area contributed by atoms with Gasteiger partial charge in [-0.1, -0.05) is 0 Å². The largest absolute Gasteiger partial charge is 0.386 e. The van der Waals surface area contributed by atoms with E-state index in [1.54, 1.807) is 19.2 Å². The van der Waals surface area contributed by atoms with Crippen molar-refractivity contribution in [2.45, 2.75) is 68.6 Å². The molecule has 1 atom stereocenters. The Balaban J connectivity index is 1.63. The molecule has 0 bridgehead atoms. The van der Waals surface area contributed by atoms with Crippen molar-refractivity contribution in [2.24, 2.45) is 9.50 Å². The van der Waals surface area contributed by atoms with Gasteiger partial charge in [-0.2, -0.15) is 0 Å². The highest BCUT2D eigenvalue weighted by molar-refractivity contribution is 7.93. The van der Waals surface area contributed by atoms with Crippen molar-refractivity contribution < 1.29 is 14.1 Å². The number of rotatable bonds is 4. The molecule has 1 unspecified atom stereocenters. The summed E-state index contributed by atoms with van der Waals surface area (Å²) in [7, 11) is -3.41. The van der Waals surface area contributed by atoms with Crippen molar-refractivity contribution in [3.05, 3.63) is 39.4 Å². The summed E-state index contributed by atoms with van der Waals surface area (Å²) in [6.45, 7) is 5.37. The van der Waals surface area contributed by atoms with E-state index in [0.717, 1.165) is 54.7 Å². The van der Waals surface area contributed by atoms with Gasteiger partial charge in [0.15, 0.2) is 9.92 Å². The summed E-state index contributed by atoms with van der Waals surface area (Å²) < 4.78 is 16.9. The number of nitrogens with one attached hydrogen (secondary N) is 1. The molecule has 7 nitrogen and oxygen atoms in total. The maximum atomic E-state index is 12.9. The maximum Gasteiger partial charge on any atom is 0.356 e. The molecule has 0 spiro atoms. The summed E-state index contributed by atoms with van der Waals surface area (Å²) in [5, 5.41) is 20.4. The van der Waals surface area contributed by atoms with Crippen LogP contribution in [-0.2, 0) is 28.4 Å². The summed E-state index contributed by atoms with van der Waals surface area (Å²) >= 11 is 1.12. The highest BCUT2D eigenvalue weighted by Crippen LogP contribution is 2.44. The van der Waals surface area contributed by atoms with E-state index in [9.17, 15) is 14.1 Å². The minimum absolute atomic E-state index is 0.255. The van der Waals surface area contributed by atoms with Gasteiger partial charge >= 0.3 is 6.03 Å². The number of aliphatic hydroxyl groups is 1. The fourth-order valence-corrected chi connectivity index (χ4v) is 6.07. The number of hydrogen-bond donors (Lipinski definition) is 3. The van der Waals surface area contributed by atoms with Crippen molar-refractivity contribution in [1.82, 2.24) is 4.98 Å². The van der Waals surface area contributed by atoms with Gasteiger partial charge in [0.25, 0.3) is 0 Å². The van der Waals surface area contributed by atoms with E-state index in [1.807, 2.05) is 0 Å². The molecule has 0 aliphatic heterocycles. The van der Waals surface area contributed by atoms with E-state index in [1.165, 1.54) is 17.2 Å². The Labute approximate surface area is 175 Å². The minimum Gasteiger partial charge on any atom is -0.386 e. The lowest BCUT2D eigenvalue weighted by Gasteiger charge is -2.15. The van der Waals surface area contributed by atoms with Crippen molar-refractivity contribution in [3.63, 3.8) is 0 Å². The number of carbonyl (C=O) groups is 1. The lowest BCUT2D eigenvalue weighted by Crippen LogP contribution is -2.19. The molecular weight excluding hydrogens is 408 g/mol. The van der Waals surface area contributed by atoms with Gasteiger partial charge in [-0.25, -0.2) is 19.1 Å². The average molecular weight is 435 g/mol. The predicted molar refractivity (Wildman–Crippen MR) is 115 cm³/mol. The number of anilines is 1. The number of pyridine rings is 1. The number of thiophene rings is 1. The Morgan fingerprint density at radius 1 is 1.38 bits per heavy atom. The Bertz CT molecular complexity index is 1100. The number of fused-ring (bicyclic) bond motifs is 1. The number of hydrogen-bond acceptors (Lipinski definition) is 5. The third-order valence-corrected chi connectivity index (χ3v) is 8.41. The SMILES string of the molecule is Cc1c(C2CC2)nc(NC(=O)N=S(N)(=O)c2cc(C(C)(C)O)cs2)c2c1CCC2. The second-order valence-electron chi connectivity index (χ2n) is 8.36. The van der Waals surface area contributed by atoms with Gasteiger partial charge in [0.05, 0.1) is 5.60 Å². The van der Waals surface area contributed by atoms with Crippen LogP contribution in [0, 0.1) is 6.92 Å². The van der Waals surface area contributed by atoms with Crippen molar-refractivity contribution in [1.29, 1.82) is 0 Å². The molecule has 0 saturated heterocycles. The Morgan fingerprint density at radius 3 is 2.69 bits per heavy atom. The summed E-state index contributed by atoms with van der Waals surface area (Å²) in [6, 6.07) is 0.777. The number of nitrogens with zero attached hydrogens (tertiary/aromatic N) is 2. The number of amides is 2. The molecule has 1 saturated carbocycles. The third-order valence-electron chi connectivity index (χ3n) is 5.55. The Morgan fingerprint density at radius 2 is 2.07 bits per heavy atom. The Hall–Kier alpha value is -1.81. The summed E-state index contributed by atoms with van der Waals surface area (Å²) in [5.74, 6) is 0.996. The van der Waals surface area contributed by atoms with Crippen LogP contribution in [-0.4, -0.2) is 20.3 Å². The zero-order valence-electron chi connectivity index (χ0n) is 16.8. The lowest BCUT2D eigenvalue weighted by molar-refractivity contribution is 0.0789. The average Bonchev–Trinajstić information content (AvgIpc) is 3.11. The fraction of sp³-hybridized carbons (Fsp3) is 0.500. The van der Waals surface area contributed by atoms with Gasteiger partial charge < -0.3 is 5.11 Å². The van der Waals surface area contributed by atoms with Crippen LogP contribution in [0.1, 0.15) is 67.0 Å². The first kappa shape index (κ1) is 20.5. The first-order chi connectivity index (χ1) is 13.6. The van der Waals surface area contributed by atoms with Gasteiger partial charge in [-0.05, 0) is 86.6 Å². The van der Waals surface area contributed by atoms with Crippen LogP contribution in [0.4, 0.5) is 10.6 Å². The van der Waals surface area contributed by atoms with Crippen LogP contribution >= 0.6 is 11.3 Å². The zero-order valence-corrected chi connectivity index (χ0v) is 18.5. The van der Waals surface area contributed by atoms with Crippen molar-refractivity contribution >= 4 is 33.1 Å². The van der Waals surface area contributed by atoms with Gasteiger partial charge in [-0.3, -0.25) is 5.32 Å². The molecular formula is C20H26N4O3S2. The molecule has 2 heterocycles. The fourth-order valence-electron chi connectivity index (χ4n) is 3.79. The van der Waals surface area contributed by atoms with Crippen molar-refractivity contribution in [3.8, 4) is 0 Å². The third kappa shape index (κ3) is 4.09. The molecule has 2 aliphatic carbocycles. The molecule has 2 aromatic rings. The topological polar surface area (TPSA) is 118 Å². The van der Waals surface area contributed by atoms with Crippen molar-refractivity contribution in [2.75, 3.05) is 5.32 Å². The summed E-state index contributed by atoms with van der Waals surface area (Å²) in [6.07, 6.45) is 5.15. The van der Waals surface area contributed by atoms with Crippen LogP contribution in [0.5, 0.6) is 0 Å². The summed E-state index contributed by atoms with van der Waals surface area (Å²) in [5.41, 5.74) is 4.13. The molecule has 0 radical (unpaired) electrons. The van der Waals surface area contributed by atoms with Crippen LogP contribution in [0.25, 0.3) is 0 Å². The second kappa shape index (κ2) is 7.16. The van der Waals surface area contributed by atoms with Gasteiger partial charge in [0.2, 0.25) is 0 Å². The quantitative estimate of drug-likeness (QED) is 0.674. The molecule has 4 rings (SSSR count). The smallest absolute Gasteiger partial charge is 0.356 e. The molecule has 29 heavy (non-hydrogen) atoms. The molecule has 0 aromatic carbocycles. The molecule has 156 valence electrons. The lowest BCUT2D eigenvalue weighted by atomic mass is 10.0. The normalized spacial score (nSPS) is 18.2. The minimum atomic E-state index is -3.41. The van der Waals surface area contributed by atoms with Gasteiger partial charge in [0.1, 0.15) is 10.0 Å². The van der Waals surface area contributed by atoms with E-state index in [4.69, 9.17) is 10.1 Å². The maximum absolute atomic E-state index is 12.9. The summed E-state index contributed by atoms with van der Waals surface area (Å²) in [4.78, 5) is 17.3. The molecule has 1 fully saturated rings. The van der Waals surface area contributed by atoms with Crippen LogP contribution in [0.3, 0.4) is 0 Å². The van der Waals surface area contributed by atoms with E-state index in [0.29, 0.717) is 17.3 Å². The number of carbonyl (C=O) groups excluding carboxylic acids is 1. The molecule has 2 amide bonds. The monoisotopic (exact) mass is 434 g/mol. The number of aromatic nitrogens is 1. The standard InChI is InChI=1S/C20H26N4O3S2/c1-11-14-5-4-6-15(14)18(22-17(11)12-7-8-12)23-19(25)24-29(21,27)16-9-13(10-28-16)20(2,3)26/h9-10,12,26H,4-8H2,1-3H3,(H3,21,22,23,24,25,27). The van der Waals surface area contributed by atoms with E-state index >= 15 is 0 Å². The van der Waals surface area contributed by atoms with Crippen LogP contribution < -0.4 is 10.5 Å². The number of nitrogens with two attached hydrogens (primary N) is 1. The van der Waals surface area contributed by atoms with E-state index in [-0.39, 0.29) is 4.21 Å². The molecule has 2 aliphatic rings. The highest BCUT2D eigenvalue weighted by atomic mass is 32.2.